The molecule has 0 amide bonds. The van der Waals surface area contributed by atoms with Gasteiger partial charge in [0.15, 0.2) is 5.03 Å². The van der Waals surface area contributed by atoms with Crippen molar-refractivity contribution in [2.45, 2.75) is 18.0 Å². The van der Waals surface area contributed by atoms with Crippen LogP contribution in [0.2, 0.25) is 0 Å². The third kappa shape index (κ3) is 2.41. The van der Waals surface area contributed by atoms with Crippen molar-refractivity contribution >= 4 is 15.7 Å². The minimum Gasteiger partial charge on any atom is -0.339 e. The highest BCUT2D eigenvalue weighted by Gasteiger charge is 2.20. The third-order valence-electron chi connectivity index (χ3n) is 3.35. The van der Waals surface area contributed by atoms with Gasteiger partial charge in [0, 0.05) is 19.8 Å². The summed E-state index contributed by atoms with van der Waals surface area (Å²) in [5.41, 5.74) is 2.82. The molecular formula is C13H16N4O2S. The molecule has 0 spiro atoms. The molecule has 0 saturated heterocycles. The minimum absolute atomic E-state index is 0.0290. The highest BCUT2D eigenvalue weighted by Crippen LogP contribution is 2.25. The van der Waals surface area contributed by atoms with Gasteiger partial charge in [-0.2, -0.15) is 8.42 Å². The zero-order valence-corrected chi connectivity index (χ0v) is 11.9. The van der Waals surface area contributed by atoms with Crippen LogP contribution in [0.4, 0.5) is 5.69 Å². The molecule has 0 saturated carbocycles. The Labute approximate surface area is 117 Å². The molecule has 0 radical (unpaired) electrons. The maximum atomic E-state index is 12.3. The molecular weight excluding hydrogens is 276 g/mol. The van der Waals surface area contributed by atoms with Crippen molar-refractivity contribution in [2.24, 2.45) is 7.05 Å². The van der Waals surface area contributed by atoms with Crippen LogP contribution >= 0.6 is 0 Å². The van der Waals surface area contributed by atoms with Gasteiger partial charge in [0.2, 0.25) is 0 Å². The van der Waals surface area contributed by atoms with E-state index in [1.54, 1.807) is 17.7 Å². The summed E-state index contributed by atoms with van der Waals surface area (Å²) in [7, 11) is -1.90. The Morgan fingerprint density at radius 1 is 1.40 bits per heavy atom. The summed E-state index contributed by atoms with van der Waals surface area (Å²) in [5.74, 6) is 0. The zero-order chi connectivity index (χ0) is 14.2. The van der Waals surface area contributed by atoms with Crippen LogP contribution in [0.25, 0.3) is 0 Å². The van der Waals surface area contributed by atoms with Gasteiger partial charge in [-0.25, -0.2) is 4.98 Å². The molecule has 0 fully saturated rings. The quantitative estimate of drug-likeness (QED) is 0.880. The summed E-state index contributed by atoms with van der Waals surface area (Å²) in [6.07, 6.45) is 3.86. The van der Waals surface area contributed by atoms with Crippen LogP contribution in [-0.4, -0.2) is 24.5 Å². The maximum Gasteiger partial charge on any atom is 0.280 e. The number of benzene rings is 1. The SMILES string of the molecule is Cn1cnc(S(=O)(=O)Nc2cccc3c2CNCC3)c1. The number of hydrogen-bond acceptors (Lipinski definition) is 4. The zero-order valence-electron chi connectivity index (χ0n) is 11.1. The Bertz CT molecular complexity index is 737. The van der Waals surface area contributed by atoms with Crippen molar-refractivity contribution in [2.75, 3.05) is 11.3 Å². The molecule has 0 aliphatic carbocycles. The standard InChI is InChI=1S/C13H16N4O2S/c1-17-8-13(15-9-17)20(18,19)16-12-4-2-3-10-5-6-14-7-11(10)12/h2-4,8-9,14,16H,5-7H2,1H3. The van der Waals surface area contributed by atoms with Crippen LogP contribution in [0.15, 0.2) is 35.7 Å². The fraction of sp³-hybridized carbons (Fsp3) is 0.308. The molecule has 1 aromatic heterocycles. The van der Waals surface area contributed by atoms with Crippen molar-refractivity contribution < 1.29 is 8.42 Å². The average Bonchev–Trinajstić information content (AvgIpc) is 2.86. The molecule has 0 unspecified atom stereocenters. The largest absolute Gasteiger partial charge is 0.339 e. The Kier molecular flexibility index (Phi) is 3.23. The van der Waals surface area contributed by atoms with Crippen molar-refractivity contribution in [1.29, 1.82) is 0 Å². The van der Waals surface area contributed by atoms with Crippen molar-refractivity contribution in [3.05, 3.63) is 41.9 Å². The number of nitrogens with zero attached hydrogens (tertiary/aromatic N) is 2. The van der Waals surface area contributed by atoms with Gasteiger partial charge >= 0.3 is 0 Å². The van der Waals surface area contributed by atoms with Gasteiger partial charge in [-0.05, 0) is 30.2 Å². The van der Waals surface area contributed by atoms with E-state index in [9.17, 15) is 8.42 Å². The van der Waals surface area contributed by atoms with Crippen LogP contribution in [-0.2, 0) is 30.0 Å². The second-order valence-corrected chi connectivity index (χ2v) is 6.48. The number of rotatable bonds is 3. The fourth-order valence-corrected chi connectivity index (χ4v) is 3.41. The molecule has 1 aliphatic rings. The Morgan fingerprint density at radius 2 is 2.25 bits per heavy atom. The molecule has 2 aromatic rings. The van der Waals surface area contributed by atoms with E-state index in [1.807, 2.05) is 12.1 Å². The number of anilines is 1. The molecule has 106 valence electrons. The van der Waals surface area contributed by atoms with Gasteiger partial charge in [-0.1, -0.05) is 12.1 Å². The average molecular weight is 292 g/mol. The first kappa shape index (κ1) is 13.1. The predicted molar refractivity (Wildman–Crippen MR) is 75.9 cm³/mol. The molecule has 1 aromatic carbocycles. The summed E-state index contributed by atoms with van der Waals surface area (Å²) in [5, 5.41) is 3.29. The number of imidazole rings is 1. The Balaban J connectivity index is 1.95. The normalized spacial score (nSPS) is 14.8. The summed E-state index contributed by atoms with van der Waals surface area (Å²) in [6.45, 7) is 1.60. The lowest BCUT2D eigenvalue weighted by atomic mass is 10.00. The van der Waals surface area contributed by atoms with Gasteiger partial charge in [0.05, 0.1) is 12.0 Å². The molecule has 3 rings (SSSR count). The monoisotopic (exact) mass is 292 g/mol. The predicted octanol–water partition coefficient (Wildman–Crippen LogP) is 0.867. The van der Waals surface area contributed by atoms with Crippen molar-refractivity contribution in [1.82, 2.24) is 14.9 Å². The highest BCUT2D eigenvalue weighted by molar-refractivity contribution is 7.92. The number of fused-ring (bicyclic) bond motifs is 1. The highest BCUT2D eigenvalue weighted by atomic mass is 32.2. The number of hydrogen-bond donors (Lipinski definition) is 2. The Morgan fingerprint density at radius 3 is 3.00 bits per heavy atom. The summed E-state index contributed by atoms with van der Waals surface area (Å²) in [4.78, 5) is 3.89. The lowest BCUT2D eigenvalue weighted by Crippen LogP contribution is -2.25. The topological polar surface area (TPSA) is 76.0 Å². The molecule has 20 heavy (non-hydrogen) atoms. The first-order chi connectivity index (χ1) is 9.56. The number of aryl methyl sites for hydroxylation is 1. The van der Waals surface area contributed by atoms with Crippen LogP contribution in [0.1, 0.15) is 11.1 Å². The van der Waals surface area contributed by atoms with Gasteiger partial charge in [-0.15, -0.1) is 0 Å². The second-order valence-electron chi connectivity index (χ2n) is 4.85. The summed E-state index contributed by atoms with van der Waals surface area (Å²) >= 11 is 0. The van der Waals surface area contributed by atoms with E-state index in [0.29, 0.717) is 12.2 Å². The Hall–Kier alpha value is -1.86. The van der Waals surface area contributed by atoms with E-state index in [1.165, 1.54) is 18.1 Å². The fourth-order valence-electron chi connectivity index (χ4n) is 2.33. The van der Waals surface area contributed by atoms with E-state index in [-0.39, 0.29) is 5.03 Å². The van der Waals surface area contributed by atoms with Crippen LogP contribution in [0.3, 0.4) is 0 Å². The van der Waals surface area contributed by atoms with Crippen LogP contribution in [0, 0.1) is 0 Å². The van der Waals surface area contributed by atoms with Gasteiger partial charge < -0.3 is 9.88 Å². The van der Waals surface area contributed by atoms with Gasteiger partial charge in [0.25, 0.3) is 10.0 Å². The van der Waals surface area contributed by atoms with Gasteiger partial charge in [0.1, 0.15) is 0 Å². The summed E-state index contributed by atoms with van der Waals surface area (Å²) < 4.78 is 28.8. The maximum absolute atomic E-state index is 12.3. The van der Waals surface area contributed by atoms with Crippen LogP contribution in [0.5, 0.6) is 0 Å². The minimum atomic E-state index is -3.64. The van der Waals surface area contributed by atoms with E-state index in [2.05, 4.69) is 15.0 Å². The lowest BCUT2D eigenvalue weighted by Gasteiger charge is -2.20. The molecule has 7 heteroatoms. The number of nitrogens with one attached hydrogen (secondary N) is 2. The van der Waals surface area contributed by atoms with E-state index in [0.717, 1.165) is 18.5 Å². The molecule has 2 heterocycles. The van der Waals surface area contributed by atoms with Crippen molar-refractivity contribution in [3.63, 3.8) is 0 Å². The van der Waals surface area contributed by atoms with Crippen molar-refractivity contribution in [3.8, 4) is 0 Å². The number of sulfonamides is 1. The summed E-state index contributed by atoms with van der Waals surface area (Å²) in [6, 6.07) is 5.70. The smallest absolute Gasteiger partial charge is 0.280 e. The van der Waals surface area contributed by atoms with Crippen LogP contribution < -0.4 is 10.0 Å². The molecule has 2 N–H and O–H groups in total. The lowest BCUT2D eigenvalue weighted by molar-refractivity contribution is 0.597. The third-order valence-corrected chi connectivity index (χ3v) is 4.60. The number of aromatic nitrogens is 2. The first-order valence-electron chi connectivity index (χ1n) is 6.38. The first-order valence-corrected chi connectivity index (χ1v) is 7.87. The van der Waals surface area contributed by atoms with Gasteiger partial charge in [-0.3, -0.25) is 4.72 Å². The molecule has 0 atom stereocenters. The van der Waals surface area contributed by atoms with E-state index >= 15 is 0 Å². The second kappa shape index (κ2) is 4.92. The molecule has 0 bridgehead atoms. The van der Waals surface area contributed by atoms with E-state index < -0.39 is 10.0 Å². The molecule has 6 nitrogen and oxygen atoms in total. The molecule has 1 aliphatic heterocycles. The van der Waals surface area contributed by atoms with E-state index in [4.69, 9.17) is 0 Å².